The average Bonchev–Trinajstić information content (AvgIpc) is 2.20. The van der Waals surface area contributed by atoms with E-state index in [1.165, 1.54) is 24.8 Å². The molecular weight excluding hydrogens is 194 g/mol. The highest BCUT2D eigenvalue weighted by atomic mass is 35.5. The van der Waals surface area contributed by atoms with Crippen molar-refractivity contribution in [3.63, 3.8) is 0 Å². The predicted molar refractivity (Wildman–Crippen MR) is 60.6 cm³/mol. The van der Waals surface area contributed by atoms with Gasteiger partial charge in [0, 0.05) is 11.1 Å². The van der Waals surface area contributed by atoms with E-state index in [2.05, 4.69) is 12.1 Å². The van der Waals surface area contributed by atoms with Gasteiger partial charge >= 0.3 is 0 Å². The smallest absolute Gasteiger partial charge is 0.0406 e. The number of hydrogen-bond acceptors (Lipinski definition) is 1. The molecule has 14 heavy (non-hydrogen) atoms. The van der Waals surface area contributed by atoms with Crippen molar-refractivity contribution in [2.24, 2.45) is 5.73 Å². The SMILES string of the molecule is N[C@H]1CCCC[C@H]1c1ccc(Cl)cc1. The van der Waals surface area contributed by atoms with E-state index in [-0.39, 0.29) is 0 Å². The minimum absolute atomic E-state index is 0.338. The lowest BCUT2D eigenvalue weighted by Crippen LogP contribution is -2.31. The van der Waals surface area contributed by atoms with E-state index in [1.807, 2.05) is 12.1 Å². The summed E-state index contributed by atoms with van der Waals surface area (Å²) in [5.74, 6) is 0.543. The van der Waals surface area contributed by atoms with E-state index in [1.54, 1.807) is 0 Å². The zero-order chi connectivity index (χ0) is 9.97. The van der Waals surface area contributed by atoms with E-state index in [9.17, 15) is 0 Å². The molecule has 0 bridgehead atoms. The van der Waals surface area contributed by atoms with Crippen molar-refractivity contribution in [1.29, 1.82) is 0 Å². The topological polar surface area (TPSA) is 26.0 Å². The van der Waals surface area contributed by atoms with Crippen LogP contribution in [0.2, 0.25) is 5.02 Å². The van der Waals surface area contributed by atoms with Gasteiger partial charge in [-0.1, -0.05) is 36.6 Å². The molecule has 1 nitrogen and oxygen atoms in total. The fraction of sp³-hybridized carbons (Fsp3) is 0.500. The van der Waals surface area contributed by atoms with Gasteiger partial charge < -0.3 is 5.73 Å². The average molecular weight is 210 g/mol. The fourth-order valence-corrected chi connectivity index (χ4v) is 2.41. The quantitative estimate of drug-likeness (QED) is 0.755. The number of benzene rings is 1. The molecule has 1 fully saturated rings. The molecule has 0 amide bonds. The van der Waals surface area contributed by atoms with Gasteiger partial charge in [-0.15, -0.1) is 0 Å². The Morgan fingerprint density at radius 3 is 2.36 bits per heavy atom. The van der Waals surface area contributed by atoms with Crippen molar-refractivity contribution < 1.29 is 0 Å². The van der Waals surface area contributed by atoms with E-state index in [0.29, 0.717) is 12.0 Å². The third kappa shape index (κ3) is 2.10. The summed E-state index contributed by atoms with van der Waals surface area (Å²) in [5.41, 5.74) is 7.46. The number of rotatable bonds is 1. The third-order valence-electron chi connectivity index (χ3n) is 3.12. The molecule has 2 heteroatoms. The second kappa shape index (κ2) is 4.33. The second-order valence-corrected chi connectivity index (χ2v) is 4.54. The van der Waals surface area contributed by atoms with E-state index < -0.39 is 0 Å². The monoisotopic (exact) mass is 209 g/mol. The lowest BCUT2D eigenvalue weighted by atomic mass is 9.80. The van der Waals surface area contributed by atoms with Gasteiger partial charge in [0.1, 0.15) is 0 Å². The van der Waals surface area contributed by atoms with Crippen LogP contribution in [-0.2, 0) is 0 Å². The Balaban J connectivity index is 2.16. The molecule has 0 aromatic heterocycles. The van der Waals surface area contributed by atoms with E-state index >= 15 is 0 Å². The maximum atomic E-state index is 6.12. The van der Waals surface area contributed by atoms with Crippen LogP contribution in [0, 0.1) is 0 Å². The maximum Gasteiger partial charge on any atom is 0.0406 e. The number of nitrogens with two attached hydrogens (primary N) is 1. The van der Waals surface area contributed by atoms with Gasteiger partial charge in [-0.25, -0.2) is 0 Å². The van der Waals surface area contributed by atoms with Crippen LogP contribution in [0.1, 0.15) is 37.2 Å². The molecule has 1 saturated carbocycles. The van der Waals surface area contributed by atoms with Crippen LogP contribution in [0.15, 0.2) is 24.3 Å². The zero-order valence-corrected chi connectivity index (χ0v) is 9.00. The second-order valence-electron chi connectivity index (χ2n) is 4.11. The van der Waals surface area contributed by atoms with Crippen LogP contribution in [0.5, 0.6) is 0 Å². The summed E-state index contributed by atoms with van der Waals surface area (Å²) in [5, 5.41) is 0.804. The van der Waals surface area contributed by atoms with Gasteiger partial charge in [0.2, 0.25) is 0 Å². The molecule has 0 heterocycles. The Morgan fingerprint density at radius 1 is 1.07 bits per heavy atom. The molecule has 2 atom stereocenters. The first-order valence-corrected chi connectivity index (χ1v) is 5.66. The molecule has 0 aliphatic heterocycles. The highest BCUT2D eigenvalue weighted by Crippen LogP contribution is 2.32. The highest BCUT2D eigenvalue weighted by molar-refractivity contribution is 6.30. The van der Waals surface area contributed by atoms with Gasteiger partial charge in [-0.3, -0.25) is 0 Å². The molecule has 0 saturated heterocycles. The Kier molecular flexibility index (Phi) is 3.09. The molecule has 1 aromatic carbocycles. The van der Waals surface area contributed by atoms with Crippen molar-refractivity contribution in [3.05, 3.63) is 34.9 Å². The first kappa shape index (κ1) is 10.0. The van der Waals surface area contributed by atoms with Crippen LogP contribution < -0.4 is 5.73 Å². The summed E-state index contributed by atoms with van der Waals surface area (Å²) in [6.45, 7) is 0. The minimum atomic E-state index is 0.338. The van der Waals surface area contributed by atoms with E-state index in [0.717, 1.165) is 11.4 Å². The standard InChI is InChI=1S/C12H16ClN/c13-10-7-5-9(6-8-10)11-3-1-2-4-12(11)14/h5-8,11-12H,1-4,14H2/t11-,12-/m0/s1. The van der Waals surface area contributed by atoms with Crippen molar-refractivity contribution in [3.8, 4) is 0 Å². The molecule has 1 aliphatic carbocycles. The summed E-state index contributed by atoms with van der Waals surface area (Å²) < 4.78 is 0. The summed E-state index contributed by atoms with van der Waals surface area (Å²) in [7, 11) is 0. The molecule has 0 radical (unpaired) electrons. The first-order chi connectivity index (χ1) is 6.77. The lowest BCUT2D eigenvalue weighted by Gasteiger charge is -2.28. The summed E-state index contributed by atoms with van der Waals surface area (Å²) >= 11 is 5.86. The Hall–Kier alpha value is -0.530. The van der Waals surface area contributed by atoms with Gasteiger partial charge in [0.25, 0.3) is 0 Å². The van der Waals surface area contributed by atoms with Crippen LogP contribution in [-0.4, -0.2) is 6.04 Å². The van der Waals surface area contributed by atoms with Gasteiger partial charge in [0.05, 0.1) is 0 Å². The van der Waals surface area contributed by atoms with Crippen LogP contribution >= 0.6 is 11.6 Å². The van der Waals surface area contributed by atoms with Crippen molar-refractivity contribution >= 4 is 11.6 Å². The maximum absolute atomic E-state index is 6.12. The fourth-order valence-electron chi connectivity index (χ4n) is 2.28. The molecule has 2 N–H and O–H groups in total. The lowest BCUT2D eigenvalue weighted by molar-refractivity contribution is 0.385. The zero-order valence-electron chi connectivity index (χ0n) is 8.25. The molecule has 1 aromatic rings. The predicted octanol–water partition coefficient (Wildman–Crippen LogP) is 3.32. The normalized spacial score (nSPS) is 27.6. The minimum Gasteiger partial charge on any atom is -0.327 e. The molecular formula is C12H16ClN. The van der Waals surface area contributed by atoms with Crippen LogP contribution in [0.3, 0.4) is 0 Å². The molecule has 2 rings (SSSR count). The molecule has 0 spiro atoms. The Bertz CT molecular complexity index is 294. The largest absolute Gasteiger partial charge is 0.327 e. The van der Waals surface area contributed by atoms with Gasteiger partial charge in [-0.05, 0) is 36.5 Å². The number of halogens is 1. The third-order valence-corrected chi connectivity index (χ3v) is 3.37. The first-order valence-electron chi connectivity index (χ1n) is 5.28. The van der Waals surface area contributed by atoms with Gasteiger partial charge in [-0.2, -0.15) is 0 Å². The number of hydrogen-bond donors (Lipinski definition) is 1. The van der Waals surface area contributed by atoms with Gasteiger partial charge in [0.15, 0.2) is 0 Å². The molecule has 76 valence electrons. The van der Waals surface area contributed by atoms with Crippen LogP contribution in [0.25, 0.3) is 0 Å². The highest BCUT2D eigenvalue weighted by Gasteiger charge is 2.22. The Labute approximate surface area is 90.3 Å². The van der Waals surface area contributed by atoms with Crippen molar-refractivity contribution in [2.45, 2.75) is 37.6 Å². The molecule has 0 unspecified atom stereocenters. The van der Waals surface area contributed by atoms with Crippen molar-refractivity contribution in [1.82, 2.24) is 0 Å². The Morgan fingerprint density at radius 2 is 1.71 bits per heavy atom. The summed E-state index contributed by atoms with van der Waals surface area (Å²) in [4.78, 5) is 0. The summed E-state index contributed by atoms with van der Waals surface area (Å²) in [6, 6.07) is 8.47. The summed E-state index contributed by atoms with van der Waals surface area (Å²) in [6.07, 6.45) is 4.97. The molecule has 1 aliphatic rings. The van der Waals surface area contributed by atoms with E-state index in [4.69, 9.17) is 17.3 Å². The van der Waals surface area contributed by atoms with Crippen LogP contribution in [0.4, 0.5) is 0 Å². The van der Waals surface area contributed by atoms with Crippen molar-refractivity contribution in [2.75, 3.05) is 0 Å².